The number of fused-ring (bicyclic) bond motifs is 16. The van der Waals surface area contributed by atoms with Crippen LogP contribution in [0.25, 0.3) is 235 Å². The molecule has 0 bridgehead atoms. The first-order chi connectivity index (χ1) is 66.2. The Morgan fingerprint density at radius 1 is 0.194 bits per heavy atom. The minimum atomic E-state index is 0.614. The maximum Gasteiger partial charge on any atom is 0.165 e. The van der Waals surface area contributed by atoms with Gasteiger partial charge in [0.2, 0.25) is 0 Å². The molecule has 0 unspecified atom stereocenters. The molecule has 0 aliphatic heterocycles. The third-order valence-corrected chi connectivity index (χ3v) is 24.8. The van der Waals surface area contributed by atoms with E-state index in [2.05, 4.69) is 331 Å². The Balaban J connectivity index is 0.000000110. The molecule has 0 N–H and O–H groups in total. The maximum atomic E-state index is 5.23. The topological polar surface area (TPSA) is 173 Å². The quantitative estimate of drug-likeness (QED) is 0.107. The van der Waals surface area contributed by atoms with Crippen molar-refractivity contribution in [3.63, 3.8) is 0 Å². The van der Waals surface area contributed by atoms with Gasteiger partial charge in [-0.05, 0) is 121 Å². The molecule has 16 nitrogen and oxygen atoms in total. The zero-order valence-electron chi connectivity index (χ0n) is 72.7. The molecule has 0 amide bonds. The summed E-state index contributed by atoms with van der Waals surface area (Å²) >= 11 is 0. The predicted molar refractivity (Wildman–Crippen MR) is 542 cm³/mol. The van der Waals surface area contributed by atoms with E-state index in [9.17, 15) is 0 Å². The second kappa shape index (κ2) is 33.7. The fraction of sp³-hybridized carbons (Fsp3) is 0.0169. The van der Waals surface area contributed by atoms with Crippen molar-refractivity contribution in [1.82, 2.24) is 77.6 Å². The number of imidazole rings is 4. The van der Waals surface area contributed by atoms with Crippen molar-refractivity contribution in [2.45, 2.75) is 13.8 Å². The molecule has 134 heavy (non-hydrogen) atoms. The molecule has 0 radical (unpaired) electrons. The van der Waals surface area contributed by atoms with Gasteiger partial charge in [0.25, 0.3) is 0 Å². The number of hydrogen-bond donors (Lipinski definition) is 0. The van der Waals surface area contributed by atoms with Gasteiger partial charge in [-0.2, -0.15) is 0 Å². The van der Waals surface area contributed by atoms with Gasteiger partial charge in [0, 0.05) is 112 Å². The summed E-state index contributed by atoms with van der Waals surface area (Å²) in [6, 6.07) is 144. The lowest BCUT2D eigenvalue weighted by Crippen LogP contribution is -2.00. The third-order valence-electron chi connectivity index (χ3n) is 24.8. The van der Waals surface area contributed by atoms with Gasteiger partial charge in [0.05, 0.1) is 39.5 Å². The summed E-state index contributed by atoms with van der Waals surface area (Å²) in [7, 11) is 0. The highest BCUT2D eigenvalue weighted by atomic mass is 15.1. The zero-order valence-corrected chi connectivity index (χ0v) is 72.7. The van der Waals surface area contributed by atoms with Crippen LogP contribution in [0, 0.1) is 13.8 Å². The van der Waals surface area contributed by atoms with Gasteiger partial charge in [-0.3, -0.25) is 17.8 Å². The molecule has 16 heteroatoms. The molecule has 0 atom stereocenters. The molecule has 0 saturated heterocycles. The second-order valence-electron chi connectivity index (χ2n) is 33.4. The highest BCUT2D eigenvalue weighted by molar-refractivity contribution is 6.13. The van der Waals surface area contributed by atoms with E-state index in [0.717, 1.165) is 201 Å². The normalized spacial score (nSPS) is 11.5. The summed E-state index contributed by atoms with van der Waals surface area (Å²) in [6.45, 7) is 4.15. The Morgan fingerprint density at radius 2 is 0.545 bits per heavy atom. The fourth-order valence-electron chi connectivity index (χ4n) is 18.1. The number of benzene rings is 14. The van der Waals surface area contributed by atoms with E-state index in [1.807, 2.05) is 138 Å². The monoisotopic (exact) mass is 1720 g/mol. The smallest absolute Gasteiger partial charge is 0.165 e. The van der Waals surface area contributed by atoms with Crippen LogP contribution in [0.3, 0.4) is 0 Å². The van der Waals surface area contributed by atoms with Gasteiger partial charge >= 0.3 is 0 Å². The van der Waals surface area contributed by atoms with Crippen LogP contribution in [0.15, 0.2) is 437 Å². The summed E-state index contributed by atoms with van der Waals surface area (Å²) in [5.74, 6) is 3.50. The number of pyridine rings is 6. The molecule has 26 rings (SSSR count). The van der Waals surface area contributed by atoms with Crippen LogP contribution in [-0.4, -0.2) is 77.6 Å². The lowest BCUT2D eigenvalue weighted by Gasteiger charge is -2.12. The molecule has 0 fully saturated rings. The lowest BCUT2D eigenvalue weighted by molar-refractivity contribution is 1.07. The van der Waals surface area contributed by atoms with E-state index < -0.39 is 0 Å². The summed E-state index contributed by atoms with van der Waals surface area (Å²) in [5, 5.41) is 6.43. The molecular weight excluding hydrogens is 1640 g/mol. The molecule has 26 aromatic rings. The summed E-state index contributed by atoms with van der Waals surface area (Å²) in [4.78, 5) is 60.4. The van der Waals surface area contributed by atoms with Gasteiger partial charge in [0.15, 0.2) is 40.2 Å². The Morgan fingerprint density at radius 3 is 1.07 bits per heavy atom. The van der Waals surface area contributed by atoms with Crippen LogP contribution in [0.4, 0.5) is 0 Å². The summed E-state index contributed by atoms with van der Waals surface area (Å²) in [6.07, 6.45) is 6.06. The SMILES string of the molecule is Cc1ccc(-c2nc(-c3ccc(C)cc3)nc(-c3cccc(-c4nc5c(nc6ccccn65)c5ccccc45)c3)n2)cc1.c1ccc(-c2ccc(-c3cc(-c4cccc(-c5nc6c(nc7ccccn76)c6ccccc56)c4)nc(-c4ccccc4)n3)cc2)cc1.c1ccc(-c2nc3c(nc4ccccn43)c3ccc(-c4ccc(-c5nc6ccccc6n5-c5ccccc5)cc4)cc23)cc1. The van der Waals surface area contributed by atoms with Crippen molar-refractivity contribution in [2.24, 2.45) is 0 Å². The second-order valence-corrected chi connectivity index (χ2v) is 33.4. The Kier molecular flexibility index (Phi) is 19.9. The standard InChI is InChI=1S/C42H27N5.C39H25N5.C37H26N6/c1-3-12-28(13-4-1)29-21-23-30(24-22-29)36-27-37(44-41(43-36)31-14-5-2-6-15-31)32-16-11-17-33(26-32)39-34-18-7-8-19-35(34)40-42(46-39)47-25-10-9-20-38(47)45-40;1-3-11-27(12-4-1)36-32-25-29(22-23-31(32)37-39(42-36)43-24-10-9-17-35(43)41-37)26-18-20-28(21-19-26)38-40-33-15-7-8-16-34(33)44(38)30-13-5-2-6-14-30;1-23-13-17-25(18-14-23)34-40-35(26-19-15-24(2)16-20-26)42-36(41-34)28-9-7-8-27(22-28)32-29-10-3-4-11-30(29)33-37(39-32)43-21-6-5-12-31(43)38-33/h1-27H;1-25H;3-22H,1-2H3. The minimum absolute atomic E-state index is 0.614. The minimum Gasteiger partial charge on any atom is -0.292 e. The van der Waals surface area contributed by atoms with Crippen LogP contribution in [-0.2, 0) is 0 Å². The van der Waals surface area contributed by atoms with E-state index in [1.54, 1.807) is 0 Å². The Hall–Kier alpha value is -18.3. The average molecular weight is 1720 g/mol. The van der Waals surface area contributed by atoms with Crippen LogP contribution in [0.2, 0.25) is 0 Å². The Labute approximate surface area is 769 Å². The van der Waals surface area contributed by atoms with Crippen molar-refractivity contribution in [3.8, 4) is 141 Å². The van der Waals surface area contributed by atoms with Crippen LogP contribution in [0.5, 0.6) is 0 Å². The molecule has 12 heterocycles. The van der Waals surface area contributed by atoms with Crippen LogP contribution < -0.4 is 0 Å². The maximum absolute atomic E-state index is 5.23. The van der Waals surface area contributed by atoms with E-state index in [4.69, 9.17) is 59.8 Å². The summed E-state index contributed by atoms with van der Waals surface area (Å²) < 4.78 is 8.40. The van der Waals surface area contributed by atoms with E-state index in [1.165, 1.54) is 22.3 Å². The van der Waals surface area contributed by atoms with E-state index in [-0.39, 0.29) is 0 Å². The van der Waals surface area contributed by atoms with Gasteiger partial charge in [-0.1, -0.05) is 345 Å². The largest absolute Gasteiger partial charge is 0.292 e. The van der Waals surface area contributed by atoms with Crippen LogP contribution >= 0.6 is 0 Å². The molecule has 0 aliphatic carbocycles. The summed E-state index contributed by atoms with van der Waals surface area (Å²) in [5.41, 5.74) is 32.4. The van der Waals surface area contributed by atoms with Crippen molar-refractivity contribution < 1.29 is 0 Å². The fourth-order valence-corrected chi connectivity index (χ4v) is 18.1. The van der Waals surface area contributed by atoms with Crippen molar-refractivity contribution in [3.05, 3.63) is 448 Å². The molecule has 0 aliphatic rings. The predicted octanol–water partition coefficient (Wildman–Crippen LogP) is 28.0. The number of para-hydroxylation sites is 3. The molecule has 12 aromatic heterocycles. The zero-order chi connectivity index (χ0) is 89.1. The highest BCUT2D eigenvalue weighted by Gasteiger charge is 2.24. The Bertz CT molecular complexity index is 8930. The van der Waals surface area contributed by atoms with Gasteiger partial charge in [-0.15, -0.1) is 0 Å². The highest BCUT2D eigenvalue weighted by Crippen LogP contribution is 2.42. The van der Waals surface area contributed by atoms with Gasteiger partial charge in [-0.25, -0.2) is 59.8 Å². The first-order valence-corrected chi connectivity index (χ1v) is 44.6. The van der Waals surface area contributed by atoms with Gasteiger partial charge in [0.1, 0.15) is 39.3 Å². The first kappa shape index (κ1) is 79.1. The lowest BCUT2D eigenvalue weighted by atomic mass is 9.97. The average Bonchev–Trinajstić information content (AvgIpc) is 1.57. The van der Waals surface area contributed by atoms with Crippen molar-refractivity contribution in [1.29, 1.82) is 0 Å². The van der Waals surface area contributed by atoms with Crippen molar-refractivity contribution in [2.75, 3.05) is 0 Å². The van der Waals surface area contributed by atoms with Crippen LogP contribution in [0.1, 0.15) is 11.1 Å². The number of rotatable bonds is 13. The first-order valence-electron chi connectivity index (χ1n) is 44.6. The third kappa shape index (κ3) is 14.8. The number of aromatic nitrogens is 16. The number of nitrogens with zero attached hydrogens (tertiary/aromatic N) is 16. The number of aryl methyl sites for hydroxylation is 2. The molecule has 14 aromatic carbocycles. The molecule has 0 spiro atoms. The number of hydrogen-bond acceptors (Lipinski definition) is 12. The molecular formula is C118H78N16. The van der Waals surface area contributed by atoms with Gasteiger partial charge < -0.3 is 0 Å². The van der Waals surface area contributed by atoms with Crippen molar-refractivity contribution >= 4 is 93.8 Å². The molecule has 630 valence electrons. The van der Waals surface area contributed by atoms with E-state index >= 15 is 0 Å². The molecule has 0 saturated carbocycles. The van der Waals surface area contributed by atoms with E-state index in [0.29, 0.717) is 23.3 Å².